The number of para-hydroxylation sites is 1. The van der Waals surface area contributed by atoms with Gasteiger partial charge in [-0.15, -0.1) is 0 Å². The molecule has 0 fully saturated rings. The third-order valence-electron chi connectivity index (χ3n) is 2.11. The third kappa shape index (κ3) is 7.31. The van der Waals surface area contributed by atoms with Crippen LogP contribution in [0.5, 0.6) is 5.75 Å². The Labute approximate surface area is 114 Å². The van der Waals surface area contributed by atoms with Gasteiger partial charge in [-0.1, -0.05) is 18.2 Å². The molecular formula is C14H22N2O3. The fraction of sp³-hybridized carbons (Fsp3) is 0.500. The largest absolute Gasteiger partial charge is 0.492 e. The summed E-state index contributed by atoms with van der Waals surface area (Å²) in [6, 6.07) is 9.12. The van der Waals surface area contributed by atoms with Crippen molar-refractivity contribution in [2.45, 2.75) is 32.4 Å². The zero-order chi connectivity index (χ0) is 14.3. The Hall–Kier alpha value is -1.75. The summed E-state index contributed by atoms with van der Waals surface area (Å²) >= 11 is 0. The maximum absolute atomic E-state index is 11.4. The van der Waals surface area contributed by atoms with Gasteiger partial charge < -0.3 is 20.5 Å². The van der Waals surface area contributed by atoms with Gasteiger partial charge in [0.25, 0.3) is 0 Å². The van der Waals surface area contributed by atoms with Crippen LogP contribution in [0.4, 0.5) is 4.79 Å². The van der Waals surface area contributed by atoms with E-state index in [4.69, 9.17) is 15.2 Å². The highest BCUT2D eigenvalue weighted by Gasteiger charge is 2.16. The van der Waals surface area contributed by atoms with Gasteiger partial charge in [0.15, 0.2) is 0 Å². The Balaban J connectivity index is 2.21. The van der Waals surface area contributed by atoms with E-state index in [2.05, 4.69) is 5.32 Å². The predicted molar refractivity (Wildman–Crippen MR) is 74.1 cm³/mol. The maximum atomic E-state index is 11.4. The molecule has 19 heavy (non-hydrogen) atoms. The summed E-state index contributed by atoms with van der Waals surface area (Å²) in [5.41, 5.74) is 5.33. The van der Waals surface area contributed by atoms with E-state index in [9.17, 15) is 4.79 Å². The van der Waals surface area contributed by atoms with Crippen molar-refractivity contribution in [1.29, 1.82) is 0 Å². The molecule has 1 amide bonds. The van der Waals surface area contributed by atoms with E-state index in [0.29, 0.717) is 13.2 Å². The molecule has 1 unspecified atom stereocenters. The summed E-state index contributed by atoms with van der Waals surface area (Å²) in [6.45, 7) is 6.07. The number of benzene rings is 1. The summed E-state index contributed by atoms with van der Waals surface area (Å²) in [5.74, 6) is 0.759. The number of hydrogen-bond acceptors (Lipinski definition) is 4. The molecule has 3 N–H and O–H groups in total. The van der Waals surface area contributed by atoms with Crippen LogP contribution in [-0.4, -0.2) is 30.9 Å². The average Bonchev–Trinajstić information content (AvgIpc) is 2.33. The number of rotatable bonds is 5. The SMILES string of the molecule is CC(C)(C)OC(=O)NCC(N)COc1ccccc1. The van der Waals surface area contributed by atoms with Crippen LogP contribution in [0.1, 0.15) is 20.8 Å². The predicted octanol–water partition coefficient (Wildman–Crippen LogP) is 1.92. The number of carbonyl (C=O) groups excluding carboxylic acids is 1. The Kier molecular flexibility index (Phi) is 5.63. The molecule has 0 saturated heterocycles. The van der Waals surface area contributed by atoms with Crippen molar-refractivity contribution in [2.24, 2.45) is 5.73 Å². The molecule has 0 heterocycles. The number of nitrogens with two attached hydrogens (primary N) is 1. The lowest BCUT2D eigenvalue weighted by Crippen LogP contribution is -2.42. The van der Waals surface area contributed by atoms with Gasteiger partial charge in [-0.05, 0) is 32.9 Å². The van der Waals surface area contributed by atoms with Crippen molar-refractivity contribution < 1.29 is 14.3 Å². The van der Waals surface area contributed by atoms with Gasteiger partial charge in [-0.2, -0.15) is 0 Å². The minimum atomic E-state index is -0.505. The molecule has 0 aliphatic rings. The standard InChI is InChI=1S/C14H22N2O3/c1-14(2,3)19-13(17)16-9-11(15)10-18-12-7-5-4-6-8-12/h4-8,11H,9-10,15H2,1-3H3,(H,16,17). The van der Waals surface area contributed by atoms with Crippen LogP contribution in [0.15, 0.2) is 30.3 Å². The lowest BCUT2D eigenvalue weighted by Gasteiger charge is -2.20. The second-order valence-electron chi connectivity index (χ2n) is 5.27. The highest BCUT2D eigenvalue weighted by Crippen LogP contribution is 2.08. The Morgan fingerprint density at radius 1 is 1.32 bits per heavy atom. The molecule has 0 aliphatic heterocycles. The number of amides is 1. The molecular weight excluding hydrogens is 244 g/mol. The molecule has 5 nitrogen and oxygen atoms in total. The van der Waals surface area contributed by atoms with E-state index in [-0.39, 0.29) is 6.04 Å². The van der Waals surface area contributed by atoms with Gasteiger partial charge in [0.1, 0.15) is 18.0 Å². The normalized spacial score (nSPS) is 12.6. The number of alkyl carbamates (subject to hydrolysis) is 1. The molecule has 0 aromatic heterocycles. The fourth-order valence-corrected chi connectivity index (χ4v) is 1.31. The molecule has 0 bridgehead atoms. The lowest BCUT2D eigenvalue weighted by molar-refractivity contribution is 0.0522. The third-order valence-corrected chi connectivity index (χ3v) is 2.11. The number of hydrogen-bond donors (Lipinski definition) is 2. The molecule has 5 heteroatoms. The topological polar surface area (TPSA) is 73.6 Å². The highest BCUT2D eigenvalue weighted by molar-refractivity contribution is 5.67. The van der Waals surface area contributed by atoms with Crippen molar-refractivity contribution in [3.63, 3.8) is 0 Å². The molecule has 1 rings (SSSR count). The Morgan fingerprint density at radius 3 is 2.53 bits per heavy atom. The van der Waals surface area contributed by atoms with Crippen LogP contribution >= 0.6 is 0 Å². The smallest absolute Gasteiger partial charge is 0.407 e. The molecule has 0 spiro atoms. The van der Waals surface area contributed by atoms with Crippen molar-refractivity contribution in [3.05, 3.63) is 30.3 Å². The van der Waals surface area contributed by atoms with Crippen LogP contribution in [0.3, 0.4) is 0 Å². The van der Waals surface area contributed by atoms with E-state index in [0.717, 1.165) is 5.75 Å². The maximum Gasteiger partial charge on any atom is 0.407 e. The van der Waals surface area contributed by atoms with E-state index in [1.165, 1.54) is 0 Å². The second kappa shape index (κ2) is 6.99. The Bertz CT molecular complexity index is 387. The van der Waals surface area contributed by atoms with Crippen LogP contribution in [-0.2, 0) is 4.74 Å². The summed E-state index contributed by atoms with van der Waals surface area (Å²) in [5, 5.41) is 2.61. The number of nitrogens with one attached hydrogen (secondary N) is 1. The van der Waals surface area contributed by atoms with Gasteiger partial charge in [0, 0.05) is 6.54 Å². The fourth-order valence-electron chi connectivity index (χ4n) is 1.31. The van der Waals surface area contributed by atoms with Crippen molar-refractivity contribution in [3.8, 4) is 5.75 Å². The first kappa shape index (κ1) is 15.3. The van der Waals surface area contributed by atoms with Crippen LogP contribution in [0.2, 0.25) is 0 Å². The molecule has 1 aromatic rings. The van der Waals surface area contributed by atoms with Crippen molar-refractivity contribution >= 4 is 6.09 Å². The molecule has 106 valence electrons. The molecule has 0 aliphatic carbocycles. The molecule has 0 radical (unpaired) electrons. The van der Waals surface area contributed by atoms with Gasteiger partial charge in [0.2, 0.25) is 0 Å². The first-order valence-corrected chi connectivity index (χ1v) is 6.27. The van der Waals surface area contributed by atoms with Gasteiger partial charge in [-0.3, -0.25) is 0 Å². The van der Waals surface area contributed by atoms with Crippen molar-refractivity contribution in [2.75, 3.05) is 13.2 Å². The van der Waals surface area contributed by atoms with Crippen LogP contribution in [0, 0.1) is 0 Å². The van der Waals surface area contributed by atoms with E-state index in [1.807, 2.05) is 51.1 Å². The lowest BCUT2D eigenvalue weighted by atomic mass is 10.2. The molecule has 1 atom stereocenters. The molecule has 1 aromatic carbocycles. The van der Waals surface area contributed by atoms with E-state index in [1.54, 1.807) is 0 Å². The summed E-state index contributed by atoms with van der Waals surface area (Å²) < 4.78 is 10.6. The highest BCUT2D eigenvalue weighted by atomic mass is 16.6. The minimum absolute atomic E-state index is 0.285. The Morgan fingerprint density at radius 2 is 1.95 bits per heavy atom. The zero-order valence-electron chi connectivity index (χ0n) is 11.7. The average molecular weight is 266 g/mol. The summed E-state index contributed by atoms with van der Waals surface area (Å²) in [6.07, 6.45) is -0.470. The number of ether oxygens (including phenoxy) is 2. The van der Waals surface area contributed by atoms with Crippen LogP contribution < -0.4 is 15.8 Å². The first-order valence-electron chi connectivity index (χ1n) is 6.27. The summed E-state index contributed by atoms with van der Waals surface area (Å²) in [7, 11) is 0. The van der Waals surface area contributed by atoms with E-state index >= 15 is 0 Å². The summed E-state index contributed by atoms with van der Waals surface area (Å²) in [4.78, 5) is 11.4. The van der Waals surface area contributed by atoms with Gasteiger partial charge in [0.05, 0.1) is 6.04 Å². The second-order valence-corrected chi connectivity index (χ2v) is 5.27. The first-order chi connectivity index (χ1) is 8.87. The minimum Gasteiger partial charge on any atom is -0.492 e. The monoisotopic (exact) mass is 266 g/mol. The van der Waals surface area contributed by atoms with Gasteiger partial charge in [-0.25, -0.2) is 4.79 Å². The number of carbonyl (C=O) groups is 1. The molecule has 0 saturated carbocycles. The zero-order valence-corrected chi connectivity index (χ0v) is 11.7. The van der Waals surface area contributed by atoms with E-state index < -0.39 is 11.7 Å². The van der Waals surface area contributed by atoms with Crippen molar-refractivity contribution in [1.82, 2.24) is 5.32 Å². The quantitative estimate of drug-likeness (QED) is 0.854. The van der Waals surface area contributed by atoms with Crippen LogP contribution in [0.25, 0.3) is 0 Å². The van der Waals surface area contributed by atoms with Gasteiger partial charge >= 0.3 is 6.09 Å².